The summed E-state index contributed by atoms with van der Waals surface area (Å²) in [5, 5.41) is 0. The van der Waals surface area contributed by atoms with Crippen LogP contribution in [0.1, 0.15) is 35.7 Å². The summed E-state index contributed by atoms with van der Waals surface area (Å²) in [5.41, 5.74) is 0.510. The fourth-order valence-corrected chi connectivity index (χ4v) is 2.19. The van der Waals surface area contributed by atoms with Gasteiger partial charge in [0.2, 0.25) is 0 Å². The quantitative estimate of drug-likeness (QED) is 0.915. The first-order valence-electron chi connectivity index (χ1n) is 6.55. The molecule has 1 aliphatic rings. The second kappa shape index (κ2) is 4.51. The Bertz CT molecular complexity index is 748. The zero-order chi connectivity index (χ0) is 14.4. The molecule has 1 N–H and O–H groups in total. The molecule has 1 fully saturated rings. The summed E-state index contributed by atoms with van der Waals surface area (Å²) < 4.78 is 27.8. The average Bonchev–Trinajstić information content (AvgIpc) is 3.24. The van der Waals surface area contributed by atoms with Gasteiger partial charge in [0.15, 0.2) is 11.6 Å². The van der Waals surface area contributed by atoms with E-state index in [-0.39, 0.29) is 28.3 Å². The Morgan fingerprint density at radius 2 is 1.90 bits per heavy atom. The molecule has 1 aliphatic carbocycles. The van der Waals surface area contributed by atoms with Crippen LogP contribution in [0.25, 0.3) is 11.3 Å². The van der Waals surface area contributed by atoms with Crippen molar-refractivity contribution >= 4 is 0 Å². The predicted octanol–water partition coefficient (Wildman–Crippen LogP) is 3.21. The molecule has 1 heterocycles. The number of halogens is 2. The van der Waals surface area contributed by atoms with Gasteiger partial charge in [-0.2, -0.15) is 0 Å². The van der Waals surface area contributed by atoms with E-state index in [1.165, 1.54) is 19.1 Å². The van der Waals surface area contributed by atoms with E-state index < -0.39 is 11.6 Å². The van der Waals surface area contributed by atoms with Gasteiger partial charge in [0.25, 0.3) is 5.56 Å². The van der Waals surface area contributed by atoms with Gasteiger partial charge in [0.05, 0.1) is 5.69 Å². The van der Waals surface area contributed by atoms with E-state index in [2.05, 4.69) is 9.97 Å². The summed E-state index contributed by atoms with van der Waals surface area (Å²) in [4.78, 5) is 19.0. The molecule has 5 heteroatoms. The number of aromatic amines is 1. The lowest BCUT2D eigenvalue weighted by Gasteiger charge is -2.09. The molecule has 0 amide bonds. The first-order valence-corrected chi connectivity index (χ1v) is 6.55. The van der Waals surface area contributed by atoms with Gasteiger partial charge in [-0.05, 0) is 38.3 Å². The second-order valence-electron chi connectivity index (χ2n) is 5.26. The van der Waals surface area contributed by atoms with Gasteiger partial charge >= 0.3 is 0 Å². The van der Waals surface area contributed by atoms with E-state index in [9.17, 15) is 13.6 Å². The third-order valence-corrected chi connectivity index (χ3v) is 3.66. The number of H-pyrrole nitrogens is 1. The number of hydrogen-bond donors (Lipinski definition) is 1. The van der Waals surface area contributed by atoms with Crippen LogP contribution in [0.5, 0.6) is 0 Å². The van der Waals surface area contributed by atoms with Gasteiger partial charge in [-0.3, -0.25) is 4.79 Å². The molecule has 0 spiro atoms. The summed E-state index contributed by atoms with van der Waals surface area (Å²) in [6.45, 7) is 3.06. The van der Waals surface area contributed by atoms with Crippen molar-refractivity contribution in [2.45, 2.75) is 32.6 Å². The van der Waals surface area contributed by atoms with Gasteiger partial charge in [0, 0.05) is 17.0 Å². The van der Waals surface area contributed by atoms with Gasteiger partial charge in [-0.15, -0.1) is 0 Å². The molecule has 0 saturated heterocycles. The first-order chi connectivity index (χ1) is 9.49. The van der Waals surface area contributed by atoms with Gasteiger partial charge in [-0.25, -0.2) is 13.8 Å². The molecule has 3 rings (SSSR count). The van der Waals surface area contributed by atoms with Crippen molar-refractivity contribution in [3.05, 3.63) is 51.1 Å². The molecule has 1 saturated carbocycles. The van der Waals surface area contributed by atoms with E-state index in [0.29, 0.717) is 11.4 Å². The lowest BCUT2D eigenvalue weighted by molar-refractivity contribution is 0.505. The van der Waals surface area contributed by atoms with E-state index in [1.807, 2.05) is 0 Å². The smallest absolute Gasteiger partial charge is 0.254 e. The molecular weight excluding hydrogens is 262 g/mol. The zero-order valence-electron chi connectivity index (χ0n) is 11.3. The fourth-order valence-electron chi connectivity index (χ4n) is 2.19. The maximum Gasteiger partial charge on any atom is 0.254 e. The largest absolute Gasteiger partial charge is 0.310 e. The Morgan fingerprint density at radius 1 is 1.20 bits per heavy atom. The van der Waals surface area contributed by atoms with Gasteiger partial charge in [-0.1, -0.05) is 6.07 Å². The molecule has 1 aromatic carbocycles. The number of rotatable bonds is 2. The van der Waals surface area contributed by atoms with Crippen LogP contribution < -0.4 is 5.56 Å². The molecule has 1 aromatic heterocycles. The minimum absolute atomic E-state index is 0.0404. The third kappa shape index (κ3) is 2.03. The van der Waals surface area contributed by atoms with Crippen LogP contribution in [0.3, 0.4) is 0 Å². The summed E-state index contributed by atoms with van der Waals surface area (Å²) in [6, 6.07) is 2.96. The van der Waals surface area contributed by atoms with Crippen molar-refractivity contribution in [3.8, 4) is 11.3 Å². The minimum Gasteiger partial charge on any atom is -0.310 e. The molecule has 20 heavy (non-hydrogen) atoms. The predicted molar refractivity (Wildman–Crippen MR) is 71.7 cm³/mol. The van der Waals surface area contributed by atoms with Gasteiger partial charge in [0.1, 0.15) is 5.82 Å². The van der Waals surface area contributed by atoms with Crippen LogP contribution >= 0.6 is 0 Å². The molecule has 2 aromatic rings. The van der Waals surface area contributed by atoms with Crippen molar-refractivity contribution in [2.75, 3.05) is 0 Å². The lowest BCUT2D eigenvalue weighted by atomic mass is 10.0. The van der Waals surface area contributed by atoms with Crippen LogP contribution in [0.4, 0.5) is 8.78 Å². The van der Waals surface area contributed by atoms with E-state index >= 15 is 0 Å². The highest BCUT2D eigenvalue weighted by Crippen LogP contribution is 2.38. The third-order valence-electron chi connectivity index (χ3n) is 3.66. The first kappa shape index (κ1) is 13.0. The highest BCUT2D eigenvalue weighted by atomic mass is 19.2. The number of aromatic nitrogens is 2. The highest BCUT2D eigenvalue weighted by Gasteiger charge is 2.28. The van der Waals surface area contributed by atoms with Crippen molar-refractivity contribution in [3.63, 3.8) is 0 Å². The Labute approximate surface area is 114 Å². The van der Waals surface area contributed by atoms with E-state index in [0.717, 1.165) is 12.8 Å². The number of nitrogens with one attached hydrogen (secondary N) is 1. The van der Waals surface area contributed by atoms with Crippen molar-refractivity contribution < 1.29 is 8.78 Å². The number of aryl methyl sites for hydroxylation is 1. The monoisotopic (exact) mass is 276 g/mol. The second-order valence-corrected chi connectivity index (χ2v) is 5.26. The Hall–Kier alpha value is -2.04. The van der Waals surface area contributed by atoms with Crippen LogP contribution in [-0.4, -0.2) is 9.97 Å². The fraction of sp³-hybridized carbons (Fsp3) is 0.333. The Morgan fingerprint density at radius 3 is 2.55 bits per heavy atom. The standard InChI is InChI=1S/C15H14F2N2O/c1-7-3-6-10(12(17)11(7)16)13-8(2)15(20)19-14(18-13)9-4-5-9/h3,6,9H,4-5H2,1-2H3,(H,18,19,20). The number of nitrogens with zero attached hydrogens (tertiary/aromatic N) is 1. The molecular formula is C15H14F2N2O. The molecule has 0 bridgehead atoms. The van der Waals surface area contributed by atoms with E-state index in [4.69, 9.17) is 0 Å². The number of hydrogen-bond acceptors (Lipinski definition) is 2. The summed E-state index contributed by atoms with van der Waals surface area (Å²) >= 11 is 0. The van der Waals surface area contributed by atoms with Crippen LogP contribution in [-0.2, 0) is 0 Å². The molecule has 0 unspecified atom stereocenters. The topological polar surface area (TPSA) is 45.8 Å². The minimum atomic E-state index is -0.951. The van der Waals surface area contributed by atoms with Crippen LogP contribution in [0.2, 0.25) is 0 Å². The summed E-state index contributed by atoms with van der Waals surface area (Å²) in [7, 11) is 0. The zero-order valence-corrected chi connectivity index (χ0v) is 11.3. The Balaban J connectivity index is 2.24. The number of benzene rings is 1. The maximum atomic E-state index is 14.1. The molecule has 0 atom stereocenters. The molecule has 3 nitrogen and oxygen atoms in total. The molecule has 0 aliphatic heterocycles. The molecule has 104 valence electrons. The van der Waals surface area contributed by atoms with Crippen molar-refractivity contribution in [1.82, 2.24) is 9.97 Å². The summed E-state index contributed by atoms with van der Waals surface area (Å²) in [6.07, 6.45) is 1.94. The van der Waals surface area contributed by atoms with Crippen molar-refractivity contribution in [2.24, 2.45) is 0 Å². The van der Waals surface area contributed by atoms with Crippen LogP contribution in [0, 0.1) is 25.5 Å². The SMILES string of the molecule is Cc1ccc(-c2nc(C3CC3)[nH]c(=O)c2C)c(F)c1F. The highest BCUT2D eigenvalue weighted by molar-refractivity contribution is 5.64. The normalized spacial score (nSPS) is 14.6. The Kier molecular flexibility index (Phi) is 2.92. The van der Waals surface area contributed by atoms with Gasteiger partial charge < -0.3 is 4.98 Å². The summed E-state index contributed by atoms with van der Waals surface area (Å²) in [5.74, 6) is -1.04. The van der Waals surface area contributed by atoms with E-state index in [1.54, 1.807) is 6.92 Å². The lowest BCUT2D eigenvalue weighted by Crippen LogP contribution is -2.16. The average molecular weight is 276 g/mol. The van der Waals surface area contributed by atoms with Crippen molar-refractivity contribution in [1.29, 1.82) is 0 Å². The molecule has 0 radical (unpaired) electrons. The van der Waals surface area contributed by atoms with Crippen LogP contribution in [0.15, 0.2) is 16.9 Å². The maximum absolute atomic E-state index is 14.1.